The topological polar surface area (TPSA) is 61.4 Å². The first-order chi connectivity index (χ1) is 10.9. The Kier molecular flexibility index (Phi) is 5.23. The van der Waals surface area contributed by atoms with Crippen molar-refractivity contribution < 1.29 is 23.1 Å². The van der Waals surface area contributed by atoms with Gasteiger partial charge in [0.05, 0.1) is 17.8 Å². The van der Waals surface area contributed by atoms with Crippen molar-refractivity contribution in [3.05, 3.63) is 65.5 Å². The van der Waals surface area contributed by atoms with Crippen LogP contribution in [0.2, 0.25) is 0 Å². The number of aliphatic hydroxyl groups excluding tert-OH is 1. The first kappa shape index (κ1) is 16.8. The highest BCUT2D eigenvalue weighted by Gasteiger charge is 2.19. The van der Waals surface area contributed by atoms with Crippen molar-refractivity contribution in [3.8, 4) is 0 Å². The lowest BCUT2D eigenvalue weighted by Crippen LogP contribution is -2.39. The van der Waals surface area contributed by atoms with Crippen LogP contribution in [-0.2, 0) is 0 Å². The minimum absolute atomic E-state index is 0.314. The van der Waals surface area contributed by atoms with Gasteiger partial charge in [0.2, 0.25) is 0 Å². The number of anilines is 1. The molecule has 2 unspecified atom stereocenters. The minimum atomic E-state index is -1.17. The van der Waals surface area contributed by atoms with Crippen LogP contribution in [0.5, 0.6) is 0 Å². The van der Waals surface area contributed by atoms with E-state index in [-0.39, 0.29) is 5.69 Å². The number of urea groups is 1. The number of aliphatic hydroxyl groups is 1. The van der Waals surface area contributed by atoms with Gasteiger partial charge in [-0.1, -0.05) is 18.2 Å². The molecule has 4 nitrogen and oxygen atoms in total. The second-order valence-electron chi connectivity index (χ2n) is 4.98. The van der Waals surface area contributed by atoms with Gasteiger partial charge in [0, 0.05) is 0 Å². The largest absolute Gasteiger partial charge is 0.386 e. The van der Waals surface area contributed by atoms with Crippen LogP contribution in [-0.4, -0.2) is 17.2 Å². The average molecular weight is 324 g/mol. The van der Waals surface area contributed by atoms with Crippen LogP contribution in [0, 0.1) is 17.5 Å². The summed E-state index contributed by atoms with van der Waals surface area (Å²) in [5.74, 6) is -2.70. The van der Waals surface area contributed by atoms with Crippen LogP contribution < -0.4 is 10.6 Å². The predicted molar refractivity (Wildman–Crippen MR) is 79.3 cm³/mol. The van der Waals surface area contributed by atoms with Crippen molar-refractivity contribution in [2.75, 3.05) is 5.32 Å². The monoisotopic (exact) mass is 324 g/mol. The van der Waals surface area contributed by atoms with Gasteiger partial charge in [-0.05, 0) is 36.8 Å². The lowest BCUT2D eigenvalue weighted by molar-refractivity contribution is 0.139. The van der Waals surface area contributed by atoms with Gasteiger partial charge in [-0.15, -0.1) is 0 Å². The van der Waals surface area contributed by atoms with Gasteiger partial charge in [0.25, 0.3) is 0 Å². The van der Waals surface area contributed by atoms with Gasteiger partial charge < -0.3 is 15.7 Å². The van der Waals surface area contributed by atoms with Crippen molar-refractivity contribution in [2.24, 2.45) is 0 Å². The fraction of sp³-hybridized carbons (Fsp3) is 0.188. The van der Waals surface area contributed by atoms with Crippen LogP contribution in [0.15, 0.2) is 42.5 Å². The predicted octanol–water partition coefficient (Wildman–Crippen LogP) is 3.35. The third-order valence-electron chi connectivity index (χ3n) is 3.24. The van der Waals surface area contributed by atoms with Crippen LogP contribution in [0.4, 0.5) is 23.7 Å². The van der Waals surface area contributed by atoms with Gasteiger partial charge >= 0.3 is 6.03 Å². The maximum atomic E-state index is 13.5. The van der Waals surface area contributed by atoms with Crippen LogP contribution in [0.3, 0.4) is 0 Å². The number of hydrogen-bond donors (Lipinski definition) is 3. The molecule has 2 amide bonds. The molecule has 2 aromatic carbocycles. The van der Waals surface area contributed by atoms with Gasteiger partial charge in [-0.2, -0.15) is 0 Å². The minimum Gasteiger partial charge on any atom is -0.386 e. The molecular formula is C16H15F3N2O2. The molecule has 0 radical (unpaired) electrons. The molecule has 2 atom stereocenters. The maximum Gasteiger partial charge on any atom is 0.319 e. The van der Waals surface area contributed by atoms with E-state index in [4.69, 9.17) is 0 Å². The first-order valence-electron chi connectivity index (χ1n) is 6.83. The summed E-state index contributed by atoms with van der Waals surface area (Å²) in [5.41, 5.74) is 0.0992. The summed E-state index contributed by atoms with van der Waals surface area (Å²) >= 11 is 0. The third kappa shape index (κ3) is 4.23. The number of nitrogens with one attached hydrogen (secondary N) is 2. The molecule has 122 valence electrons. The Bertz CT molecular complexity index is 692. The summed E-state index contributed by atoms with van der Waals surface area (Å²) in [7, 11) is 0. The molecule has 0 aromatic heterocycles. The summed E-state index contributed by atoms with van der Waals surface area (Å²) in [6.45, 7) is 1.52. The second kappa shape index (κ2) is 7.15. The van der Waals surface area contributed by atoms with Crippen LogP contribution in [0.1, 0.15) is 18.6 Å². The SMILES string of the molecule is CC(NC(=O)Nc1cccc(F)c1F)C(O)c1ccc(F)cc1. The number of carbonyl (C=O) groups is 1. The average Bonchev–Trinajstić information content (AvgIpc) is 2.52. The third-order valence-corrected chi connectivity index (χ3v) is 3.24. The Morgan fingerprint density at radius 1 is 1.09 bits per heavy atom. The van der Waals surface area contributed by atoms with E-state index in [1.165, 1.54) is 43.3 Å². The fourth-order valence-corrected chi connectivity index (χ4v) is 1.99. The molecule has 2 rings (SSSR count). The summed E-state index contributed by atoms with van der Waals surface area (Å²) in [6.07, 6.45) is -1.08. The Morgan fingerprint density at radius 3 is 2.39 bits per heavy atom. The summed E-state index contributed by atoms with van der Waals surface area (Å²) in [5, 5.41) is 14.7. The van der Waals surface area contributed by atoms with Crippen molar-refractivity contribution >= 4 is 11.7 Å². The molecule has 2 aromatic rings. The van der Waals surface area contributed by atoms with E-state index in [9.17, 15) is 23.1 Å². The molecule has 0 aliphatic carbocycles. The molecule has 7 heteroatoms. The zero-order chi connectivity index (χ0) is 17.0. The van der Waals surface area contributed by atoms with E-state index in [0.717, 1.165) is 6.07 Å². The lowest BCUT2D eigenvalue weighted by atomic mass is 10.0. The number of rotatable bonds is 4. The number of hydrogen-bond acceptors (Lipinski definition) is 2. The summed E-state index contributed by atoms with van der Waals surface area (Å²) in [6, 6.07) is 7.01. The molecule has 3 N–H and O–H groups in total. The van der Waals surface area contributed by atoms with E-state index in [1.807, 2.05) is 0 Å². The molecule has 0 saturated heterocycles. The first-order valence-corrected chi connectivity index (χ1v) is 6.83. The summed E-state index contributed by atoms with van der Waals surface area (Å²) in [4.78, 5) is 11.8. The number of benzene rings is 2. The van der Waals surface area contributed by atoms with Gasteiger partial charge in [0.15, 0.2) is 11.6 Å². The molecule has 0 bridgehead atoms. The van der Waals surface area contributed by atoms with Crippen molar-refractivity contribution in [1.29, 1.82) is 0 Å². The number of carbonyl (C=O) groups excluding carboxylic acids is 1. The number of amides is 2. The highest BCUT2D eigenvalue weighted by Crippen LogP contribution is 2.18. The molecule has 0 aliphatic heterocycles. The zero-order valence-corrected chi connectivity index (χ0v) is 12.2. The van der Waals surface area contributed by atoms with Crippen molar-refractivity contribution in [1.82, 2.24) is 5.32 Å². The Labute approximate surface area is 131 Å². The lowest BCUT2D eigenvalue weighted by Gasteiger charge is -2.21. The highest BCUT2D eigenvalue weighted by molar-refractivity contribution is 5.89. The maximum absolute atomic E-state index is 13.5. The van der Waals surface area contributed by atoms with E-state index in [2.05, 4.69) is 10.6 Å². The van der Waals surface area contributed by atoms with E-state index < -0.39 is 35.6 Å². The molecule has 0 spiro atoms. The van der Waals surface area contributed by atoms with Gasteiger partial charge in [-0.3, -0.25) is 0 Å². The molecule has 0 fully saturated rings. The van der Waals surface area contributed by atoms with Crippen molar-refractivity contribution in [2.45, 2.75) is 19.1 Å². The molecule has 23 heavy (non-hydrogen) atoms. The molecule has 0 heterocycles. The smallest absolute Gasteiger partial charge is 0.319 e. The Hall–Kier alpha value is -2.54. The fourth-order valence-electron chi connectivity index (χ4n) is 1.99. The standard InChI is InChI=1S/C16H15F3N2O2/c1-9(15(22)10-5-7-11(17)8-6-10)20-16(23)21-13-4-2-3-12(18)14(13)19/h2-9,15,22H,1H3,(H2,20,21,23). The van der Waals surface area contributed by atoms with Gasteiger partial charge in [-0.25, -0.2) is 18.0 Å². The quantitative estimate of drug-likeness (QED) is 0.808. The Balaban J connectivity index is 1.99. The van der Waals surface area contributed by atoms with Crippen molar-refractivity contribution in [3.63, 3.8) is 0 Å². The zero-order valence-electron chi connectivity index (χ0n) is 12.2. The van der Waals surface area contributed by atoms with E-state index >= 15 is 0 Å². The highest BCUT2D eigenvalue weighted by atomic mass is 19.2. The molecular weight excluding hydrogens is 309 g/mol. The molecule has 0 aliphatic rings. The van der Waals surface area contributed by atoms with Crippen LogP contribution in [0.25, 0.3) is 0 Å². The normalized spacial score (nSPS) is 13.3. The molecule has 0 saturated carbocycles. The van der Waals surface area contributed by atoms with Crippen LogP contribution >= 0.6 is 0 Å². The number of halogens is 3. The van der Waals surface area contributed by atoms with E-state index in [0.29, 0.717) is 5.56 Å². The Morgan fingerprint density at radius 2 is 1.74 bits per heavy atom. The van der Waals surface area contributed by atoms with E-state index in [1.54, 1.807) is 0 Å². The second-order valence-corrected chi connectivity index (χ2v) is 4.98. The summed E-state index contributed by atoms with van der Waals surface area (Å²) < 4.78 is 39.4. The van der Waals surface area contributed by atoms with Gasteiger partial charge in [0.1, 0.15) is 5.82 Å².